The van der Waals surface area contributed by atoms with Gasteiger partial charge in [0, 0.05) is 0 Å². The number of hydrogen-bond acceptors (Lipinski definition) is 3. The maximum absolute atomic E-state index is 11.4. The number of ketones is 1. The molecule has 0 spiro atoms. The molecule has 0 aliphatic carbocycles. The fraction of sp³-hybridized carbons (Fsp3) is 0.0667. The SMILES string of the molecule is CC(=O)c1cc(-c2ccc(C(=O)O)cc2)ccc1O. The molecule has 0 aliphatic rings. The Bertz CT molecular complexity index is 642. The maximum atomic E-state index is 11.4. The van der Waals surface area contributed by atoms with Crippen LogP contribution in [0.15, 0.2) is 42.5 Å². The zero-order valence-electron chi connectivity index (χ0n) is 10.3. The van der Waals surface area contributed by atoms with E-state index in [2.05, 4.69) is 0 Å². The zero-order valence-corrected chi connectivity index (χ0v) is 10.3. The average Bonchev–Trinajstić information content (AvgIpc) is 2.39. The van der Waals surface area contributed by atoms with Gasteiger partial charge in [-0.1, -0.05) is 18.2 Å². The van der Waals surface area contributed by atoms with Gasteiger partial charge < -0.3 is 10.2 Å². The smallest absolute Gasteiger partial charge is 0.335 e. The molecule has 0 fully saturated rings. The molecule has 0 radical (unpaired) electrons. The van der Waals surface area contributed by atoms with Gasteiger partial charge in [0.2, 0.25) is 0 Å². The van der Waals surface area contributed by atoms with Crippen LogP contribution in [0, 0.1) is 0 Å². The number of aromatic carboxylic acids is 1. The van der Waals surface area contributed by atoms with E-state index in [0.717, 1.165) is 11.1 Å². The van der Waals surface area contributed by atoms with Gasteiger partial charge in [-0.2, -0.15) is 0 Å². The summed E-state index contributed by atoms with van der Waals surface area (Å²) in [6.45, 7) is 1.38. The summed E-state index contributed by atoms with van der Waals surface area (Å²) in [5.41, 5.74) is 1.99. The Hall–Kier alpha value is -2.62. The molecule has 2 aromatic rings. The largest absolute Gasteiger partial charge is 0.507 e. The van der Waals surface area contributed by atoms with Crippen LogP contribution in [0.5, 0.6) is 5.75 Å². The molecule has 0 aliphatic heterocycles. The van der Waals surface area contributed by atoms with E-state index in [1.54, 1.807) is 24.3 Å². The van der Waals surface area contributed by atoms with Crippen molar-refractivity contribution in [3.05, 3.63) is 53.6 Å². The number of hydrogen-bond donors (Lipinski definition) is 2. The average molecular weight is 256 g/mol. The number of phenolic OH excluding ortho intramolecular Hbond substituents is 1. The number of carboxylic acids is 1. The van der Waals surface area contributed by atoms with Gasteiger partial charge in [-0.3, -0.25) is 4.79 Å². The van der Waals surface area contributed by atoms with Crippen LogP contribution in [0.3, 0.4) is 0 Å². The van der Waals surface area contributed by atoms with Crippen LogP contribution in [0.2, 0.25) is 0 Å². The summed E-state index contributed by atoms with van der Waals surface area (Å²) in [6.07, 6.45) is 0. The van der Waals surface area contributed by atoms with Crippen molar-refractivity contribution in [2.75, 3.05) is 0 Å². The van der Waals surface area contributed by atoms with E-state index in [1.165, 1.54) is 25.1 Å². The normalized spacial score (nSPS) is 10.2. The molecule has 96 valence electrons. The van der Waals surface area contributed by atoms with Gasteiger partial charge in [0.15, 0.2) is 5.78 Å². The Kier molecular flexibility index (Phi) is 3.33. The van der Waals surface area contributed by atoms with Crippen molar-refractivity contribution in [3.63, 3.8) is 0 Å². The van der Waals surface area contributed by atoms with Crippen molar-refractivity contribution in [1.29, 1.82) is 0 Å². The number of carbonyl (C=O) groups is 2. The molecule has 0 aromatic heterocycles. The fourth-order valence-corrected chi connectivity index (χ4v) is 1.80. The lowest BCUT2D eigenvalue weighted by Gasteiger charge is -2.06. The summed E-state index contributed by atoms with van der Waals surface area (Å²) < 4.78 is 0. The zero-order chi connectivity index (χ0) is 14.0. The number of rotatable bonds is 3. The lowest BCUT2D eigenvalue weighted by Crippen LogP contribution is -1.96. The van der Waals surface area contributed by atoms with Crippen LogP contribution in [0.25, 0.3) is 11.1 Å². The number of carbonyl (C=O) groups excluding carboxylic acids is 1. The highest BCUT2D eigenvalue weighted by Crippen LogP contribution is 2.26. The third-order valence-corrected chi connectivity index (χ3v) is 2.84. The minimum absolute atomic E-state index is 0.0570. The monoisotopic (exact) mass is 256 g/mol. The van der Waals surface area contributed by atoms with Crippen molar-refractivity contribution >= 4 is 11.8 Å². The lowest BCUT2D eigenvalue weighted by atomic mass is 10.00. The minimum atomic E-state index is -0.985. The summed E-state index contributed by atoms with van der Waals surface area (Å²) >= 11 is 0. The summed E-state index contributed by atoms with van der Waals surface area (Å²) in [5.74, 6) is -1.26. The van der Waals surface area contributed by atoms with Crippen LogP contribution >= 0.6 is 0 Å². The third kappa shape index (κ3) is 2.63. The fourth-order valence-electron chi connectivity index (χ4n) is 1.80. The van der Waals surface area contributed by atoms with Crippen molar-refractivity contribution in [2.24, 2.45) is 0 Å². The predicted octanol–water partition coefficient (Wildman–Crippen LogP) is 2.96. The second-order valence-corrected chi connectivity index (χ2v) is 4.17. The molecule has 2 rings (SSSR count). The molecule has 0 amide bonds. The molecule has 0 heterocycles. The Morgan fingerprint density at radius 1 is 0.947 bits per heavy atom. The number of aromatic hydroxyl groups is 1. The van der Waals surface area contributed by atoms with E-state index in [-0.39, 0.29) is 22.7 Å². The highest BCUT2D eigenvalue weighted by molar-refractivity contribution is 5.98. The molecule has 4 heteroatoms. The summed E-state index contributed by atoms with van der Waals surface area (Å²) in [7, 11) is 0. The molecule has 0 saturated heterocycles. The first-order valence-corrected chi connectivity index (χ1v) is 5.66. The van der Waals surface area contributed by atoms with Crippen molar-refractivity contribution in [1.82, 2.24) is 0 Å². The van der Waals surface area contributed by atoms with E-state index < -0.39 is 5.97 Å². The molecule has 0 bridgehead atoms. The topological polar surface area (TPSA) is 74.6 Å². The predicted molar refractivity (Wildman–Crippen MR) is 70.5 cm³/mol. The summed E-state index contributed by atoms with van der Waals surface area (Å²) in [4.78, 5) is 22.1. The van der Waals surface area contributed by atoms with E-state index in [0.29, 0.717) is 0 Å². The van der Waals surface area contributed by atoms with Crippen LogP contribution < -0.4 is 0 Å². The van der Waals surface area contributed by atoms with Gasteiger partial charge >= 0.3 is 5.97 Å². The number of benzene rings is 2. The van der Waals surface area contributed by atoms with Crippen LogP contribution in [0.4, 0.5) is 0 Å². The third-order valence-electron chi connectivity index (χ3n) is 2.84. The first-order valence-electron chi connectivity index (χ1n) is 5.66. The standard InChI is InChI=1S/C15H12O4/c1-9(16)13-8-12(6-7-14(13)17)10-2-4-11(5-3-10)15(18)19/h2-8,17H,1H3,(H,18,19). The van der Waals surface area contributed by atoms with Gasteiger partial charge in [-0.25, -0.2) is 4.79 Å². The molecule has 2 N–H and O–H groups in total. The van der Waals surface area contributed by atoms with Gasteiger partial charge in [0.1, 0.15) is 5.75 Å². The van der Waals surface area contributed by atoms with E-state index in [4.69, 9.17) is 5.11 Å². The second-order valence-electron chi connectivity index (χ2n) is 4.17. The molecule has 0 atom stereocenters. The lowest BCUT2D eigenvalue weighted by molar-refractivity contribution is 0.0696. The highest BCUT2D eigenvalue weighted by atomic mass is 16.4. The maximum Gasteiger partial charge on any atom is 0.335 e. The molecule has 19 heavy (non-hydrogen) atoms. The molecule has 0 unspecified atom stereocenters. The number of Topliss-reactive ketones (excluding diaryl/α,β-unsaturated/α-hetero) is 1. The first-order chi connectivity index (χ1) is 8.99. The Balaban J connectivity index is 2.44. The molecule has 4 nitrogen and oxygen atoms in total. The Labute approximate surface area is 109 Å². The van der Waals surface area contributed by atoms with Gasteiger partial charge in [-0.15, -0.1) is 0 Å². The van der Waals surface area contributed by atoms with Crippen LogP contribution in [0.1, 0.15) is 27.6 Å². The molecular formula is C15H12O4. The highest BCUT2D eigenvalue weighted by Gasteiger charge is 2.09. The van der Waals surface area contributed by atoms with Gasteiger partial charge in [0.25, 0.3) is 0 Å². The molecule has 0 saturated carbocycles. The molecule has 2 aromatic carbocycles. The van der Waals surface area contributed by atoms with Gasteiger partial charge in [-0.05, 0) is 42.3 Å². The Morgan fingerprint density at radius 2 is 1.53 bits per heavy atom. The minimum Gasteiger partial charge on any atom is -0.507 e. The summed E-state index contributed by atoms with van der Waals surface area (Å²) in [6, 6.07) is 11.1. The second kappa shape index (κ2) is 4.94. The first kappa shape index (κ1) is 12.8. The van der Waals surface area contributed by atoms with Crippen LogP contribution in [-0.4, -0.2) is 22.0 Å². The van der Waals surface area contributed by atoms with Gasteiger partial charge in [0.05, 0.1) is 11.1 Å². The van der Waals surface area contributed by atoms with E-state index >= 15 is 0 Å². The Morgan fingerprint density at radius 3 is 2.05 bits per heavy atom. The summed E-state index contributed by atoms with van der Waals surface area (Å²) in [5, 5.41) is 18.4. The number of carboxylic acid groups (broad SMARTS) is 1. The van der Waals surface area contributed by atoms with Crippen molar-refractivity contribution < 1.29 is 19.8 Å². The van der Waals surface area contributed by atoms with Crippen molar-refractivity contribution in [3.8, 4) is 16.9 Å². The van der Waals surface area contributed by atoms with E-state index in [9.17, 15) is 14.7 Å². The van der Waals surface area contributed by atoms with Crippen LogP contribution in [-0.2, 0) is 0 Å². The number of phenols is 1. The van der Waals surface area contributed by atoms with Crippen molar-refractivity contribution in [2.45, 2.75) is 6.92 Å². The van der Waals surface area contributed by atoms with E-state index in [1.807, 2.05) is 0 Å². The quantitative estimate of drug-likeness (QED) is 0.828. The molecular weight excluding hydrogens is 244 g/mol.